The Morgan fingerprint density at radius 1 is 1.11 bits per heavy atom. The highest BCUT2D eigenvalue weighted by atomic mass is 16.1. The normalized spacial score (nSPS) is 16.3. The molecule has 1 atom stereocenters. The molecule has 4 rings (SSSR count). The van der Waals surface area contributed by atoms with E-state index < -0.39 is 0 Å². The summed E-state index contributed by atoms with van der Waals surface area (Å²) in [6, 6.07) is 16.9. The van der Waals surface area contributed by atoms with E-state index in [4.69, 9.17) is 0 Å². The number of nitrogens with one attached hydrogen (secondary N) is 2. The molecule has 1 aliphatic rings. The summed E-state index contributed by atoms with van der Waals surface area (Å²) in [5.74, 6) is 0. The second-order valence-corrected chi connectivity index (χ2v) is 7.22. The molecule has 4 heteroatoms. The van der Waals surface area contributed by atoms with Crippen LogP contribution in [0, 0.1) is 6.92 Å². The highest BCUT2D eigenvalue weighted by Gasteiger charge is 2.13. The number of hydrogen-bond donors (Lipinski definition) is 2. The van der Waals surface area contributed by atoms with Crippen molar-refractivity contribution in [2.24, 2.45) is 0 Å². The van der Waals surface area contributed by atoms with Gasteiger partial charge in [-0.05, 0) is 61.5 Å². The van der Waals surface area contributed by atoms with Crippen molar-refractivity contribution in [3.63, 3.8) is 0 Å². The predicted molar refractivity (Wildman–Crippen MR) is 119 cm³/mol. The van der Waals surface area contributed by atoms with Gasteiger partial charge in [-0.3, -0.25) is 4.79 Å². The molecule has 1 aliphatic heterocycles. The van der Waals surface area contributed by atoms with Gasteiger partial charge in [0.05, 0.1) is 6.54 Å². The Morgan fingerprint density at radius 2 is 1.89 bits per heavy atom. The van der Waals surface area contributed by atoms with Gasteiger partial charge in [0, 0.05) is 29.9 Å². The number of piperidine rings is 1. The van der Waals surface area contributed by atoms with E-state index in [1.807, 2.05) is 38.2 Å². The minimum absolute atomic E-state index is 0.0639. The molecule has 0 amide bonds. The van der Waals surface area contributed by atoms with Crippen LogP contribution in [0.5, 0.6) is 0 Å². The minimum atomic E-state index is 0.0639. The maximum absolute atomic E-state index is 12.8. The van der Waals surface area contributed by atoms with Gasteiger partial charge in [0.25, 0.3) is 5.56 Å². The van der Waals surface area contributed by atoms with Crippen molar-refractivity contribution >= 4 is 16.5 Å². The third-order valence-electron chi connectivity index (χ3n) is 5.12. The summed E-state index contributed by atoms with van der Waals surface area (Å²) in [7, 11) is 0. The number of anilines is 1. The Morgan fingerprint density at radius 3 is 2.61 bits per heavy atom. The first-order valence-corrected chi connectivity index (χ1v) is 10.3. The van der Waals surface area contributed by atoms with Crippen molar-refractivity contribution in [3.8, 4) is 0 Å². The van der Waals surface area contributed by atoms with Crippen molar-refractivity contribution in [1.82, 2.24) is 9.88 Å². The number of fused-ring (bicyclic) bond motifs is 1. The Kier molecular flexibility index (Phi) is 6.88. The molecule has 3 aromatic rings. The molecule has 1 saturated heterocycles. The molecule has 2 heterocycles. The van der Waals surface area contributed by atoms with Crippen molar-refractivity contribution in [1.29, 1.82) is 0 Å². The largest absolute Gasteiger partial charge is 0.381 e. The van der Waals surface area contributed by atoms with Crippen LogP contribution in [-0.4, -0.2) is 23.7 Å². The molecule has 4 nitrogen and oxygen atoms in total. The summed E-state index contributed by atoms with van der Waals surface area (Å²) >= 11 is 0. The second kappa shape index (κ2) is 9.56. The fourth-order valence-corrected chi connectivity index (χ4v) is 3.60. The minimum Gasteiger partial charge on any atom is -0.381 e. The average Bonchev–Trinajstić information content (AvgIpc) is 2.74. The van der Waals surface area contributed by atoms with Crippen molar-refractivity contribution in [2.75, 3.05) is 18.4 Å². The maximum Gasteiger partial charge on any atom is 0.258 e. The van der Waals surface area contributed by atoms with Gasteiger partial charge < -0.3 is 15.2 Å². The van der Waals surface area contributed by atoms with Crippen LogP contribution in [0.3, 0.4) is 0 Å². The molecule has 0 aliphatic carbocycles. The molecule has 1 aromatic heterocycles. The van der Waals surface area contributed by atoms with Gasteiger partial charge in [0.1, 0.15) is 0 Å². The molecule has 148 valence electrons. The van der Waals surface area contributed by atoms with Crippen molar-refractivity contribution in [2.45, 2.75) is 46.2 Å². The quantitative estimate of drug-likeness (QED) is 0.701. The molecular formula is C24H31N3O. The van der Waals surface area contributed by atoms with E-state index in [1.54, 1.807) is 4.57 Å². The van der Waals surface area contributed by atoms with Gasteiger partial charge in [-0.1, -0.05) is 43.7 Å². The highest BCUT2D eigenvalue weighted by molar-refractivity contribution is 5.84. The Labute approximate surface area is 167 Å². The van der Waals surface area contributed by atoms with E-state index in [0.29, 0.717) is 12.6 Å². The van der Waals surface area contributed by atoms with Gasteiger partial charge in [-0.2, -0.15) is 0 Å². The van der Waals surface area contributed by atoms with Crippen molar-refractivity contribution in [3.05, 3.63) is 76.2 Å². The van der Waals surface area contributed by atoms with Gasteiger partial charge >= 0.3 is 0 Å². The average molecular weight is 378 g/mol. The Balaban J connectivity index is 0.00000109. The smallest absolute Gasteiger partial charge is 0.258 e. The number of pyridine rings is 1. The molecule has 0 bridgehead atoms. The first-order valence-electron chi connectivity index (χ1n) is 10.3. The number of aryl methyl sites for hydroxylation is 1. The van der Waals surface area contributed by atoms with E-state index in [2.05, 4.69) is 47.9 Å². The molecule has 0 unspecified atom stereocenters. The lowest BCUT2D eigenvalue weighted by Gasteiger charge is -2.25. The standard InChI is InChI=1S/C22H25N3O.C2H6/c1-16-4-6-17(7-5-16)15-25-12-10-18-13-19(8-9-21(18)22(25)26)24-20-3-2-11-23-14-20;1-2/h4-10,12-13,20,23-24H,2-3,11,14-15H2,1H3;1-2H3/t20-;/m0./s1. The second-order valence-electron chi connectivity index (χ2n) is 7.22. The Hall–Kier alpha value is -2.59. The van der Waals surface area contributed by atoms with Crippen LogP contribution in [-0.2, 0) is 6.54 Å². The van der Waals surface area contributed by atoms with E-state index in [-0.39, 0.29) is 5.56 Å². The molecule has 0 spiro atoms. The van der Waals surface area contributed by atoms with Gasteiger partial charge in [-0.25, -0.2) is 0 Å². The monoisotopic (exact) mass is 377 g/mol. The van der Waals surface area contributed by atoms with E-state index in [1.165, 1.54) is 18.4 Å². The van der Waals surface area contributed by atoms with Crippen LogP contribution in [0.4, 0.5) is 5.69 Å². The lowest BCUT2D eigenvalue weighted by molar-refractivity contribution is 0.480. The highest BCUT2D eigenvalue weighted by Crippen LogP contribution is 2.19. The zero-order chi connectivity index (χ0) is 19.9. The zero-order valence-corrected chi connectivity index (χ0v) is 17.2. The first kappa shape index (κ1) is 20.2. The molecule has 0 saturated carbocycles. The van der Waals surface area contributed by atoms with Crippen LogP contribution in [0.2, 0.25) is 0 Å². The van der Waals surface area contributed by atoms with Crippen LogP contribution in [0.1, 0.15) is 37.8 Å². The van der Waals surface area contributed by atoms with Crippen molar-refractivity contribution < 1.29 is 0 Å². The summed E-state index contributed by atoms with van der Waals surface area (Å²) < 4.78 is 1.78. The zero-order valence-electron chi connectivity index (χ0n) is 17.2. The van der Waals surface area contributed by atoms with E-state index in [9.17, 15) is 4.79 Å². The predicted octanol–water partition coefficient (Wildman–Crippen LogP) is 4.55. The first-order chi connectivity index (χ1) is 13.7. The van der Waals surface area contributed by atoms with Gasteiger partial charge in [0.15, 0.2) is 0 Å². The summed E-state index contributed by atoms with van der Waals surface area (Å²) in [6.45, 7) is 8.77. The van der Waals surface area contributed by atoms with E-state index >= 15 is 0 Å². The molecule has 2 aromatic carbocycles. The fraction of sp³-hybridized carbons (Fsp3) is 0.375. The number of nitrogens with zero attached hydrogens (tertiary/aromatic N) is 1. The third-order valence-corrected chi connectivity index (χ3v) is 5.12. The number of benzene rings is 2. The fourth-order valence-electron chi connectivity index (χ4n) is 3.60. The SMILES string of the molecule is CC.Cc1ccc(Cn2ccc3cc(N[C@H]4CCCNC4)ccc3c2=O)cc1. The van der Waals surface area contributed by atoms with Crippen LogP contribution in [0.15, 0.2) is 59.5 Å². The number of aromatic nitrogens is 1. The molecule has 0 radical (unpaired) electrons. The Bertz CT molecular complexity index is 954. The van der Waals surface area contributed by atoms with Crippen LogP contribution >= 0.6 is 0 Å². The lowest BCUT2D eigenvalue weighted by atomic mass is 10.1. The van der Waals surface area contributed by atoms with Crippen LogP contribution in [0.25, 0.3) is 10.8 Å². The van der Waals surface area contributed by atoms with Crippen LogP contribution < -0.4 is 16.2 Å². The van der Waals surface area contributed by atoms with E-state index in [0.717, 1.165) is 35.1 Å². The summed E-state index contributed by atoms with van der Waals surface area (Å²) in [5.41, 5.74) is 3.52. The topological polar surface area (TPSA) is 46.1 Å². The molecule has 1 fully saturated rings. The molecule has 2 N–H and O–H groups in total. The third kappa shape index (κ3) is 4.82. The number of hydrogen-bond acceptors (Lipinski definition) is 3. The van der Waals surface area contributed by atoms with Gasteiger partial charge in [0.2, 0.25) is 0 Å². The molecule has 28 heavy (non-hydrogen) atoms. The summed E-state index contributed by atoms with van der Waals surface area (Å²) in [6.07, 6.45) is 4.29. The summed E-state index contributed by atoms with van der Waals surface area (Å²) in [5, 5.41) is 8.76. The maximum atomic E-state index is 12.8. The summed E-state index contributed by atoms with van der Waals surface area (Å²) in [4.78, 5) is 12.8. The number of rotatable bonds is 4. The van der Waals surface area contributed by atoms with Gasteiger partial charge in [-0.15, -0.1) is 0 Å². The lowest BCUT2D eigenvalue weighted by Crippen LogP contribution is -2.38. The molecular weight excluding hydrogens is 346 g/mol.